The Morgan fingerprint density at radius 3 is 2.19 bits per heavy atom. The third kappa shape index (κ3) is 5.30. The number of aliphatic hydroxyl groups excluding tert-OH is 1. The maximum absolute atomic E-state index is 13.5. The van der Waals surface area contributed by atoms with E-state index in [9.17, 15) is 13.5 Å². The van der Waals surface area contributed by atoms with Gasteiger partial charge in [0.05, 0.1) is 19.5 Å². The number of hydrogen-bond donors (Lipinski definition) is 1. The van der Waals surface area contributed by atoms with Crippen LogP contribution in [0.4, 0.5) is 0 Å². The molecule has 37 heavy (non-hydrogen) atoms. The Morgan fingerprint density at radius 2 is 1.59 bits per heavy atom. The number of nitrogens with zero attached hydrogens (tertiary/aromatic N) is 6. The molecule has 0 saturated carbocycles. The van der Waals surface area contributed by atoms with E-state index in [2.05, 4.69) is 25.1 Å². The van der Waals surface area contributed by atoms with Gasteiger partial charge in [-0.05, 0) is 50.6 Å². The molecule has 4 aromatic rings. The van der Waals surface area contributed by atoms with Gasteiger partial charge in [0.25, 0.3) is 0 Å². The lowest BCUT2D eigenvalue weighted by Gasteiger charge is -2.20. The molecule has 0 saturated heterocycles. The largest absolute Gasteiger partial charge is 0.494 e. The van der Waals surface area contributed by atoms with E-state index in [4.69, 9.17) is 9.47 Å². The maximum atomic E-state index is 13.5. The molecule has 0 aliphatic carbocycles. The zero-order valence-corrected chi connectivity index (χ0v) is 22.0. The van der Waals surface area contributed by atoms with E-state index in [1.54, 1.807) is 35.8 Å². The average molecular weight is 525 g/mol. The number of para-hydroxylation sites is 1. The summed E-state index contributed by atoms with van der Waals surface area (Å²) in [5.41, 5.74) is 2.46. The molecule has 12 heteroatoms. The van der Waals surface area contributed by atoms with Crippen molar-refractivity contribution < 1.29 is 23.0 Å². The van der Waals surface area contributed by atoms with Crippen LogP contribution in [-0.4, -0.2) is 62.7 Å². The van der Waals surface area contributed by atoms with E-state index >= 15 is 0 Å². The van der Waals surface area contributed by atoms with Crippen molar-refractivity contribution in [3.8, 4) is 28.7 Å². The second-order valence-corrected chi connectivity index (χ2v) is 10.9. The Morgan fingerprint density at radius 1 is 0.973 bits per heavy atom. The van der Waals surface area contributed by atoms with E-state index in [1.807, 2.05) is 19.1 Å². The number of hydrogen-bond acceptors (Lipinski definition) is 10. The first-order valence-corrected chi connectivity index (χ1v) is 13.2. The lowest BCUT2D eigenvalue weighted by molar-refractivity contribution is 0.166. The highest BCUT2D eigenvalue weighted by Crippen LogP contribution is 2.36. The molecule has 3 heterocycles. The van der Waals surface area contributed by atoms with Crippen molar-refractivity contribution in [2.75, 3.05) is 14.2 Å². The summed E-state index contributed by atoms with van der Waals surface area (Å²) in [6, 6.07) is 10.6. The molecule has 0 fully saturated rings. The Hall–Kier alpha value is -3.90. The molecule has 2 atom stereocenters. The number of methoxy groups -OCH3 is 2. The Kier molecular flexibility index (Phi) is 7.50. The monoisotopic (exact) mass is 524 g/mol. The van der Waals surface area contributed by atoms with Crippen molar-refractivity contribution in [1.82, 2.24) is 29.7 Å². The van der Waals surface area contributed by atoms with Crippen molar-refractivity contribution in [2.45, 2.75) is 37.9 Å². The number of aliphatic hydroxyl groups is 1. The fourth-order valence-corrected chi connectivity index (χ4v) is 5.13. The van der Waals surface area contributed by atoms with Crippen LogP contribution in [0.15, 0.2) is 48.8 Å². The van der Waals surface area contributed by atoms with Crippen LogP contribution in [0, 0.1) is 13.8 Å². The minimum Gasteiger partial charge on any atom is -0.494 e. The average Bonchev–Trinajstić information content (AvgIpc) is 3.29. The molecule has 0 aliphatic heterocycles. The summed E-state index contributed by atoms with van der Waals surface area (Å²) in [4.78, 5) is 12.7. The Labute approximate surface area is 215 Å². The van der Waals surface area contributed by atoms with E-state index in [0.717, 1.165) is 11.3 Å². The molecule has 3 aromatic heterocycles. The lowest BCUT2D eigenvalue weighted by Crippen LogP contribution is -2.29. The van der Waals surface area contributed by atoms with Gasteiger partial charge in [-0.1, -0.05) is 12.1 Å². The van der Waals surface area contributed by atoms with Crippen LogP contribution in [0.5, 0.6) is 11.5 Å². The number of ether oxygens (including phenoxy) is 2. The number of pyridine rings is 1. The summed E-state index contributed by atoms with van der Waals surface area (Å²) in [5.74, 6) is 0.758. The summed E-state index contributed by atoms with van der Waals surface area (Å²) in [6.45, 7) is 5.06. The van der Waals surface area contributed by atoms with Gasteiger partial charge in [-0.2, -0.15) is 0 Å². The summed E-state index contributed by atoms with van der Waals surface area (Å²) >= 11 is 0. The molecular formula is C25H28N6O5S. The van der Waals surface area contributed by atoms with Gasteiger partial charge in [-0.25, -0.2) is 23.4 Å². The standard InChI is InChI=1S/C25H28N6O5S/c1-15-12-26-24(27-13-15)23(32)17(3)37(33,34)14-21-29-30-25(18-9-6-8-16(2)28-18)31(21)22-19(35-4)10-7-11-20(22)36-5/h6-13,17,23,32H,14H2,1-5H3/t17-,23-/m0/s1. The second-order valence-electron chi connectivity index (χ2n) is 8.53. The number of rotatable bonds is 9. The molecule has 0 unspecified atom stereocenters. The van der Waals surface area contributed by atoms with Gasteiger partial charge in [-0.15, -0.1) is 10.2 Å². The Bertz CT molecular complexity index is 1480. The van der Waals surface area contributed by atoms with E-state index in [0.29, 0.717) is 28.7 Å². The SMILES string of the molecule is COc1cccc(OC)c1-n1c(CS(=O)(=O)[C@@H](C)[C@H](O)c2ncc(C)cn2)nnc1-c1cccc(C)n1. The third-order valence-electron chi connectivity index (χ3n) is 5.88. The van der Waals surface area contributed by atoms with E-state index < -0.39 is 26.9 Å². The van der Waals surface area contributed by atoms with Crippen LogP contribution in [0.2, 0.25) is 0 Å². The molecule has 0 spiro atoms. The molecule has 11 nitrogen and oxygen atoms in total. The third-order valence-corrected chi connectivity index (χ3v) is 7.93. The highest BCUT2D eigenvalue weighted by Gasteiger charge is 2.34. The molecule has 4 rings (SSSR count). The summed E-state index contributed by atoms with van der Waals surface area (Å²) < 4.78 is 39.7. The van der Waals surface area contributed by atoms with Crippen LogP contribution in [0.25, 0.3) is 17.2 Å². The van der Waals surface area contributed by atoms with Gasteiger partial charge < -0.3 is 14.6 Å². The highest BCUT2D eigenvalue weighted by atomic mass is 32.2. The number of aryl methyl sites for hydroxylation is 2. The number of aromatic nitrogens is 6. The predicted octanol–water partition coefficient (Wildman–Crippen LogP) is 2.79. The van der Waals surface area contributed by atoms with Crippen LogP contribution < -0.4 is 9.47 Å². The van der Waals surface area contributed by atoms with E-state index in [-0.39, 0.29) is 11.6 Å². The molecule has 0 radical (unpaired) electrons. The van der Waals surface area contributed by atoms with Crippen molar-refractivity contribution in [3.63, 3.8) is 0 Å². The fourth-order valence-electron chi connectivity index (χ4n) is 3.80. The van der Waals surface area contributed by atoms with Gasteiger partial charge in [0.2, 0.25) is 0 Å². The molecule has 0 amide bonds. The number of sulfone groups is 1. The first-order valence-electron chi connectivity index (χ1n) is 11.4. The summed E-state index contributed by atoms with van der Waals surface area (Å²) in [5, 5.41) is 18.1. The van der Waals surface area contributed by atoms with Crippen LogP contribution in [-0.2, 0) is 15.6 Å². The van der Waals surface area contributed by atoms with Crippen molar-refractivity contribution in [3.05, 3.63) is 71.7 Å². The topological polar surface area (TPSA) is 142 Å². The van der Waals surface area contributed by atoms with Crippen LogP contribution in [0.3, 0.4) is 0 Å². The Balaban J connectivity index is 1.83. The molecule has 1 aromatic carbocycles. The molecule has 0 aliphatic rings. The van der Waals surface area contributed by atoms with Gasteiger partial charge in [-0.3, -0.25) is 4.57 Å². The fraction of sp³-hybridized carbons (Fsp3) is 0.320. The molecule has 194 valence electrons. The van der Waals surface area contributed by atoms with Gasteiger partial charge in [0.15, 0.2) is 27.3 Å². The van der Waals surface area contributed by atoms with Crippen LogP contribution >= 0.6 is 0 Å². The summed E-state index contributed by atoms with van der Waals surface area (Å²) in [7, 11) is -0.966. The normalized spacial score (nSPS) is 13.2. The summed E-state index contributed by atoms with van der Waals surface area (Å²) in [6.07, 6.45) is 1.62. The van der Waals surface area contributed by atoms with Crippen molar-refractivity contribution in [1.29, 1.82) is 0 Å². The second kappa shape index (κ2) is 10.6. The maximum Gasteiger partial charge on any atom is 0.187 e. The number of benzene rings is 1. The van der Waals surface area contributed by atoms with E-state index in [1.165, 1.54) is 33.5 Å². The van der Waals surface area contributed by atoms with Gasteiger partial charge in [0.1, 0.15) is 34.7 Å². The minimum atomic E-state index is -3.97. The molecule has 0 bridgehead atoms. The zero-order valence-electron chi connectivity index (χ0n) is 21.2. The lowest BCUT2D eigenvalue weighted by atomic mass is 10.2. The first kappa shape index (κ1) is 26.2. The van der Waals surface area contributed by atoms with Crippen LogP contribution in [0.1, 0.15) is 35.9 Å². The van der Waals surface area contributed by atoms with Crippen molar-refractivity contribution >= 4 is 9.84 Å². The quantitative estimate of drug-likeness (QED) is 0.347. The van der Waals surface area contributed by atoms with Gasteiger partial charge >= 0.3 is 0 Å². The minimum absolute atomic E-state index is 0.0270. The zero-order chi connectivity index (χ0) is 26.7. The van der Waals surface area contributed by atoms with Crippen molar-refractivity contribution in [2.24, 2.45) is 0 Å². The highest BCUT2D eigenvalue weighted by molar-refractivity contribution is 7.91. The van der Waals surface area contributed by atoms with Gasteiger partial charge in [0, 0.05) is 18.1 Å². The molecule has 1 N–H and O–H groups in total. The smallest absolute Gasteiger partial charge is 0.187 e. The first-order chi connectivity index (χ1) is 17.7. The molecular weight excluding hydrogens is 496 g/mol. The predicted molar refractivity (Wildman–Crippen MR) is 136 cm³/mol.